The highest BCUT2D eigenvalue weighted by Crippen LogP contribution is 2.10. The Morgan fingerprint density at radius 3 is 3.00 bits per heavy atom. The largest absolute Gasteiger partial charge is 0.378 e. The van der Waals surface area contributed by atoms with Gasteiger partial charge in [0.25, 0.3) is 0 Å². The standard InChI is InChI=1S/C9H20N2O/c1-3-4-9(12)11-6-5-10-7-8(11)2/h8-10,12H,3-7H2,1-2H3. The van der Waals surface area contributed by atoms with Gasteiger partial charge < -0.3 is 10.4 Å². The van der Waals surface area contributed by atoms with Gasteiger partial charge in [0, 0.05) is 25.7 Å². The molecule has 3 nitrogen and oxygen atoms in total. The van der Waals surface area contributed by atoms with Crippen molar-refractivity contribution in [3.05, 3.63) is 0 Å². The molecule has 2 atom stereocenters. The zero-order chi connectivity index (χ0) is 8.97. The number of piperazine rings is 1. The van der Waals surface area contributed by atoms with Crippen LogP contribution in [0, 0.1) is 0 Å². The predicted molar refractivity (Wildman–Crippen MR) is 50.0 cm³/mol. The van der Waals surface area contributed by atoms with Crippen LogP contribution in [-0.4, -0.2) is 41.9 Å². The van der Waals surface area contributed by atoms with Gasteiger partial charge in [0.2, 0.25) is 0 Å². The molecule has 0 amide bonds. The van der Waals surface area contributed by atoms with Crippen LogP contribution < -0.4 is 5.32 Å². The van der Waals surface area contributed by atoms with Crippen molar-refractivity contribution in [3.8, 4) is 0 Å². The van der Waals surface area contributed by atoms with E-state index in [0.717, 1.165) is 32.5 Å². The Kier molecular flexibility index (Phi) is 3.98. The Morgan fingerprint density at radius 1 is 1.67 bits per heavy atom. The van der Waals surface area contributed by atoms with E-state index < -0.39 is 0 Å². The van der Waals surface area contributed by atoms with Gasteiger partial charge in [-0.3, -0.25) is 4.90 Å². The highest BCUT2D eigenvalue weighted by Gasteiger charge is 2.23. The number of hydrogen-bond acceptors (Lipinski definition) is 3. The summed E-state index contributed by atoms with van der Waals surface area (Å²) in [5, 5.41) is 13.1. The third-order valence-electron chi connectivity index (χ3n) is 2.48. The van der Waals surface area contributed by atoms with Crippen molar-refractivity contribution in [2.24, 2.45) is 0 Å². The molecule has 0 spiro atoms. The van der Waals surface area contributed by atoms with Crippen molar-refractivity contribution in [3.63, 3.8) is 0 Å². The molecule has 0 saturated carbocycles. The van der Waals surface area contributed by atoms with Gasteiger partial charge in [-0.2, -0.15) is 0 Å². The average Bonchev–Trinajstić information content (AvgIpc) is 2.05. The lowest BCUT2D eigenvalue weighted by molar-refractivity contribution is -0.0352. The molecule has 0 aromatic rings. The van der Waals surface area contributed by atoms with Crippen molar-refractivity contribution in [1.82, 2.24) is 10.2 Å². The van der Waals surface area contributed by atoms with E-state index >= 15 is 0 Å². The molecule has 0 aliphatic carbocycles. The molecule has 3 heteroatoms. The molecule has 1 heterocycles. The summed E-state index contributed by atoms with van der Waals surface area (Å²) in [5.74, 6) is 0. The molecule has 0 radical (unpaired) electrons. The molecule has 1 rings (SSSR count). The normalized spacial score (nSPS) is 28.8. The van der Waals surface area contributed by atoms with Crippen LogP contribution in [-0.2, 0) is 0 Å². The summed E-state index contributed by atoms with van der Waals surface area (Å²) in [6, 6.07) is 0.472. The van der Waals surface area contributed by atoms with E-state index in [1.807, 2.05) is 0 Å². The number of nitrogens with zero attached hydrogens (tertiary/aromatic N) is 1. The minimum atomic E-state index is -0.230. The maximum absolute atomic E-state index is 9.74. The topological polar surface area (TPSA) is 35.5 Å². The summed E-state index contributed by atoms with van der Waals surface area (Å²) in [7, 11) is 0. The monoisotopic (exact) mass is 172 g/mol. The van der Waals surface area contributed by atoms with Crippen LogP contribution in [0.4, 0.5) is 0 Å². The van der Waals surface area contributed by atoms with Crippen LogP contribution in [0.25, 0.3) is 0 Å². The summed E-state index contributed by atoms with van der Waals surface area (Å²) in [6.45, 7) is 7.25. The van der Waals surface area contributed by atoms with Gasteiger partial charge in [0.15, 0.2) is 0 Å². The van der Waals surface area contributed by atoms with Crippen LogP contribution in [0.3, 0.4) is 0 Å². The highest BCUT2D eigenvalue weighted by atomic mass is 16.3. The molecule has 1 aliphatic rings. The Bertz CT molecular complexity index is 130. The van der Waals surface area contributed by atoms with E-state index in [1.54, 1.807) is 0 Å². The zero-order valence-corrected chi connectivity index (χ0v) is 8.08. The Balaban J connectivity index is 2.36. The van der Waals surface area contributed by atoms with E-state index in [4.69, 9.17) is 0 Å². The second-order valence-electron chi connectivity index (χ2n) is 3.56. The first-order valence-corrected chi connectivity index (χ1v) is 4.90. The van der Waals surface area contributed by atoms with Crippen LogP contribution >= 0.6 is 0 Å². The summed E-state index contributed by atoms with van der Waals surface area (Å²) in [5.41, 5.74) is 0. The maximum Gasteiger partial charge on any atom is 0.107 e. The van der Waals surface area contributed by atoms with Crippen molar-refractivity contribution in [2.45, 2.75) is 39.0 Å². The van der Waals surface area contributed by atoms with Crippen molar-refractivity contribution < 1.29 is 5.11 Å². The first-order chi connectivity index (χ1) is 5.75. The van der Waals surface area contributed by atoms with Gasteiger partial charge in [-0.25, -0.2) is 0 Å². The van der Waals surface area contributed by atoms with E-state index in [9.17, 15) is 5.11 Å². The number of aliphatic hydroxyl groups excluding tert-OH is 1. The minimum Gasteiger partial charge on any atom is -0.378 e. The second kappa shape index (κ2) is 4.80. The van der Waals surface area contributed by atoms with Crippen molar-refractivity contribution in [1.29, 1.82) is 0 Å². The fourth-order valence-electron chi connectivity index (χ4n) is 1.72. The number of aliphatic hydroxyl groups is 1. The van der Waals surface area contributed by atoms with Crippen molar-refractivity contribution >= 4 is 0 Å². The van der Waals surface area contributed by atoms with Crippen molar-refractivity contribution in [2.75, 3.05) is 19.6 Å². The number of nitrogens with one attached hydrogen (secondary N) is 1. The first kappa shape index (κ1) is 9.96. The Labute approximate surface area is 74.8 Å². The van der Waals surface area contributed by atoms with Gasteiger partial charge >= 0.3 is 0 Å². The summed E-state index contributed by atoms with van der Waals surface area (Å²) in [4.78, 5) is 2.18. The lowest BCUT2D eigenvalue weighted by Gasteiger charge is -2.37. The highest BCUT2D eigenvalue weighted by molar-refractivity contribution is 4.77. The molecule has 2 unspecified atom stereocenters. The zero-order valence-electron chi connectivity index (χ0n) is 8.08. The molecule has 0 aromatic heterocycles. The molecule has 0 aromatic carbocycles. The van der Waals surface area contributed by atoms with Crippen LogP contribution in [0.5, 0.6) is 0 Å². The molecule has 1 fully saturated rings. The smallest absolute Gasteiger partial charge is 0.107 e. The molecule has 12 heavy (non-hydrogen) atoms. The fourth-order valence-corrected chi connectivity index (χ4v) is 1.72. The summed E-state index contributed by atoms with van der Waals surface area (Å²) < 4.78 is 0. The molecule has 1 aliphatic heterocycles. The van der Waals surface area contributed by atoms with Gasteiger partial charge in [0.1, 0.15) is 6.23 Å². The SMILES string of the molecule is CCCC(O)N1CCNCC1C. The fraction of sp³-hybridized carbons (Fsp3) is 1.00. The average molecular weight is 172 g/mol. The van der Waals surface area contributed by atoms with Crippen LogP contribution in [0.15, 0.2) is 0 Å². The minimum absolute atomic E-state index is 0.230. The van der Waals surface area contributed by atoms with E-state index in [2.05, 4.69) is 24.1 Å². The first-order valence-electron chi connectivity index (χ1n) is 4.90. The molecule has 72 valence electrons. The van der Waals surface area contributed by atoms with Gasteiger partial charge in [-0.1, -0.05) is 13.3 Å². The number of hydrogen-bond donors (Lipinski definition) is 2. The van der Waals surface area contributed by atoms with Crippen LogP contribution in [0.2, 0.25) is 0 Å². The summed E-state index contributed by atoms with van der Waals surface area (Å²) >= 11 is 0. The predicted octanol–water partition coefficient (Wildman–Crippen LogP) is 0.399. The third-order valence-corrected chi connectivity index (χ3v) is 2.48. The van der Waals surface area contributed by atoms with E-state index in [1.165, 1.54) is 0 Å². The maximum atomic E-state index is 9.74. The quantitative estimate of drug-likeness (QED) is 0.647. The second-order valence-corrected chi connectivity index (χ2v) is 3.56. The van der Waals surface area contributed by atoms with Crippen LogP contribution in [0.1, 0.15) is 26.7 Å². The molecular formula is C9H20N2O. The number of rotatable bonds is 3. The molecule has 0 bridgehead atoms. The molecule has 1 saturated heterocycles. The lowest BCUT2D eigenvalue weighted by Crippen LogP contribution is -2.53. The molecular weight excluding hydrogens is 152 g/mol. The van der Waals surface area contributed by atoms with E-state index in [-0.39, 0.29) is 6.23 Å². The third kappa shape index (κ3) is 2.44. The van der Waals surface area contributed by atoms with E-state index in [0.29, 0.717) is 6.04 Å². The lowest BCUT2D eigenvalue weighted by atomic mass is 10.2. The Hall–Kier alpha value is -0.120. The molecule has 2 N–H and O–H groups in total. The van der Waals surface area contributed by atoms with Gasteiger partial charge in [-0.05, 0) is 13.3 Å². The summed E-state index contributed by atoms with van der Waals surface area (Å²) in [6.07, 6.45) is 1.72. The Morgan fingerprint density at radius 2 is 2.42 bits per heavy atom. The van der Waals surface area contributed by atoms with Gasteiger partial charge in [0.05, 0.1) is 0 Å². The van der Waals surface area contributed by atoms with Gasteiger partial charge in [-0.15, -0.1) is 0 Å².